The second-order valence-electron chi connectivity index (χ2n) is 6.17. The van der Waals surface area contributed by atoms with Gasteiger partial charge in [-0.25, -0.2) is 4.79 Å². The van der Waals surface area contributed by atoms with E-state index in [0.29, 0.717) is 37.7 Å². The number of carbonyl (C=O) groups excluding carboxylic acids is 1. The van der Waals surface area contributed by atoms with Crippen molar-refractivity contribution < 1.29 is 19.2 Å². The van der Waals surface area contributed by atoms with E-state index in [0.717, 1.165) is 11.1 Å². The maximum atomic E-state index is 12.9. The molecule has 1 heterocycles. The van der Waals surface area contributed by atoms with E-state index >= 15 is 0 Å². The zero-order chi connectivity index (χ0) is 18.7. The van der Waals surface area contributed by atoms with E-state index < -0.39 is 10.9 Å². The topological polar surface area (TPSA) is 81.9 Å². The molecular weight excluding hydrogens is 336 g/mol. The maximum absolute atomic E-state index is 12.9. The van der Waals surface area contributed by atoms with Crippen molar-refractivity contribution in [3.05, 3.63) is 63.2 Å². The molecule has 0 aliphatic carbocycles. The van der Waals surface area contributed by atoms with Crippen LogP contribution in [0.25, 0.3) is 0 Å². The molecule has 1 aliphatic rings. The summed E-state index contributed by atoms with van der Waals surface area (Å²) in [5.41, 5.74) is 2.32. The molecule has 1 fully saturated rings. The van der Waals surface area contributed by atoms with E-state index in [9.17, 15) is 14.9 Å². The third-order valence-electron chi connectivity index (χ3n) is 4.37. The molecule has 2 aromatic carbocycles. The molecule has 0 unspecified atom stereocenters. The Labute approximate surface area is 151 Å². The lowest BCUT2D eigenvalue weighted by Gasteiger charge is -2.30. The van der Waals surface area contributed by atoms with Crippen molar-refractivity contribution in [2.45, 2.75) is 13.8 Å². The van der Waals surface area contributed by atoms with Gasteiger partial charge in [0.2, 0.25) is 0 Å². The lowest BCUT2D eigenvalue weighted by Crippen LogP contribution is -2.37. The number of benzene rings is 2. The van der Waals surface area contributed by atoms with Gasteiger partial charge < -0.3 is 14.4 Å². The first-order valence-corrected chi connectivity index (χ1v) is 8.37. The smallest absolute Gasteiger partial charge is 0.345 e. The molecule has 2 aromatic rings. The Bertz CT molecular complexity index is 824. The molecule has 0 bridgehead atoms. The van der Waals surface area contributed by atoms with Crippen molar-refractivity contribution in [2.75, 3.05) is 31.2 Å². The van der Waals surface area contributed by atoms with Gasteiger partial charge in [-0.2, -0.15) is 0 Å². The minimum absolute atomic E-state index is 0.143. The monoisotopic (exact) mass is 356 g/mol. The van der Waals surface area contributed by atoms with Crippen molar-refractivity contribution in [3.63, 3.8) is 0 Å². The fraction of sp³-hybridized carbons (Fsp3) is 0.316. The van der Waals surface area contributed by atoms with E-state index in [1.54, 1.807) is 6.07 Å². The molecule has 0 radical (unpaired) electrons. The highest BCUT2D eigenvalue weighted by Crippen LogP contribution is 2.29. The lowest BCUT2D eigenvalue weighted by atomic mass is 10.1. The van der Waals surface area contributed by atoms with Gasteiger partial charge in [-0.05, 0) is 31.0 Å². The number of nitro benzene ring substituents is 1. The van der Waals surface area contributed by atoms with Gasteiger partial charge >= 0.3 is 5.97 Å². The number of anilines is 1. The molecular formula is C19H20N2O5. The van der Waals surface area contributed by atoms with E-state index in [1.165, 1.54) is 12.1 Å². The molecule has 0 aromatic heterocycles. The van der Waals surface area contributed by atoms with Crippen LogP contribution in [-0.4, -0.2) is 37.2 Å². The number of para-hydroxylation sites is 1. The standard InChI is InChI=1S/C19H20N2O5/c1-13-4-3-5-14(2)18(13)26-19(22)16-12-15(21(23)24)6-7-17(16)20-8-10-25-11-9-20/h3-7,12H,8-11H2,1-2H3. The minimum Gasteiger partial charge on any atom is -0.422 e. The van der Waals surface area contributed by atoms with E-state index in [1.807, 2.05) is 36.9 Å². The van der Waals surface area contributed by atoms with E-state index in [-0.39, 0.29) is 11.3 Å². The van der Waals surface area contributed by atoms with Crippen LogP contribution in [0.3, 0.4) is 0 Å². The molecule has 136 valence electrons. The van der Waals surface area contributed by atoms with Crippen LogP contribution in [0.15, 0.2) is 36.4 Å². The van der Waals surface area contributed by atoms with Gasteiger partial charge in [-0.3, -0.25) is 10.1 Å². The molecule has 0 amide bonds. The van der Waals surface area contributed by atoms with Gasteiger partial charge in [0.1, 0.15) is 5.75 Å². The summed E-state index contributed by atoms with van der Waals surface area (Å²) in [4.78, 5) is 25.5. The highest BCUT2D eigenvalue weighted by atomic mass is 16.6. The Balaban J connectivity index is 1.98. The zero-order valence-electron chi connectivity index (χ0n) is 14.7. The first kappa shape index (κ1) is 17.9. The van der Waals surface area contributed by atoms with Crippen molar-refractivity contribution in [3.8, 4) is 5.75 Å². The number of rotatable bonds is 4. The van der Waals surface area contributed by atoms with Gasteiger partial charge in [-0.1, -0.05) is 18.2 Å². The number of hydrogen-bond donors (Lipinski definition) is 0. The Morgan fingerprint density at radius 2 is 1.81 bits per heavy atom. The third kappa shape index (κ3) is 3.67. The Morgan fingerprint density at radius 1 is 1.15 bits per heavy atom. The highest BCUT2D eigenvalue weighted by Gasteiger charge is 2.24. The van der Waals surface area contributed by atoms with Gasteiger partial charge in [0, 0.05) is 25.2 Å². The van der Waals surface area contributed by atoms with Crippen molar-refractivity contribution in [2.24, 2.45) is 0 Å². The molecule has 0 N–H and O–H groups in total. The summed E-state index contributed by atoms with van der Waals surface area (Å²) < 4.78 is 11.0. The number of carbonyl (C=O) groups is 1. The predicted octanol–water partition coefficient (Wildman–Crippen LogP) is 3.27. The van der Waals surface area contributed by atoms with E-state index in [2.05, 4.69) is 0 Å². The van der Waals surface area contributed by atoms with E-state index in [4.69, 9.17) is 9.47 Å². The van der Waals surface area contributed by atoms with Gasteiger partial charge in [0.15, 0.2) is 0 Å². The molecule has 0 atom stereocenters. The third-order valence-corrected chi connectivity index (χ3v) is 4.37. The summed E-state index contributed by atoms with van der Waals surface area (Å²) in [5.74, 6) is -0.121. The number of non-ortho nitro benzene ring substituents is 1. The van der Waals surface area contributed by atoms with Crippen molar-refractivity contribution in [1.29, 1.82) is 0 Å². The molecule has 26 heavy (non-hydrogen) atoms. The fourth-order valence-electron chi connectivity index (χ4n) is 2.99. The van der Waals surface area contributed by atoms with Gasteiger partial charge in [0.25, 0.3) is 5.69 Å². The average molecular weight is 356 g/mol. The number of nitro groups is 1. The molecule has 1 aliphatic heterocycles. The minimum atomic E-state index is -0.604. The summed E-state index contributed by atoms with van der Waals surface area (Å²) >= 11 is 0. The van der Waals surface area contributed by atoms with Crippen molar-refractivity contribution >= 4 is 17.3 Å². The molecule has 7 nitrogen and oxygen atoms in total. The van der Waals surface area contributed by atoms with Crippen molar-refractivity contribution in [1.82, 2.24) is 0 Å². The molecule has 7 heteroatoms. The fourth-order valence-corrected chi connectivity index (χ4v) is 2.99. The summed E-state index contributed by atoms with van der Waals surface area (Å²) in [6.45, 7) is 6.02. The molecule has 0 spiro atoms. The lowest BCUT2D eigenvalue weighted by molar-refractivity contribution is -0.384. The first-order chi connectivity index (χ1) is 12.5. The second kappa shape index (κ2) is 7.53. The number of hydrogen-bond acceptors (Lipinski definition) is 6. The van der Waals surface area contributed by atoms with Crippen LogP contribution in [0, 0.1) is 24.0 Å². The SMILES string of the molecule is Cc1cccc(C)c1OC(=O)c1cc([N+](=O)[O-])ccc1N1CCOCC1. The van der Waals surface area contributed by atoms with Crippen LogP contribution < -0.4 is 9.64 Å². The Morgan fingerprint density at radius 3 is 2.42 bits per heavy atom. The Hall–Kier alpha value is -2.93. The number of aryl methyl sites for hydroxylation is 2. The predicted molar refractivity (Wildman–Crippen MR) is 97.0 cm³/mol. The van der Waals surface area contributed by atoms with Crippen LogP contribution in [0.5, 0.6) is 5.75 Å². The highest BCUT2D eigenvalue weighted by molar-refractivity contribution is 5.98. The van der Waals surface area contributed by atoms with Crippen LogP contribution in [-0.2, 0) is 4.74 Å². The molecule has 1 saturated heterocycles. The Kier molecular flexibility index (Phi) is 5.18. The first-order valence-electron chi connectivity index (χ1n) is 8.37. The number of ether oxygens (including phenoxy) is 2. The van der Waals surface area contributed by atoms with Crippen LogP contribution in [0.1, 0.15) is 21.5 Å². The zero-order valence-corrected chi connectivity index (χ0v) is 14.7. The normalized spacial score (nSPS) is 14.2. The summed E-state index contributed by atoms with van der Waals surface area (Å²) in [6.07, 6.45) is 0. The molecule has 3 rings (SSSR count). The maximum Gasteiger partial charge on any atom is 0.345 e. The van der Waals surface area contributed by atoms with Crippen LogP contribution >= 0.6 is 0 Å². The van der Waals surface area contributed by atoms with Gasteiger partial charge in [0.05, 0.1) is 29.4 Å². The average Bonchev–Trinajstić information content (AvgIpc) is 2.65. The van der Waals surface area contributed by atoms with Crippen LogP contribution in [0.4, 0.5) is 11.4 Å². The number of nitrogens with zero attached hydrogens (tertiary/aromatic N) is 2. The summed E-state index contributed by atoms with van der Waals surface area (Å²) in [7, 11) is 0. The van der Waals surface area contributed by atoms with Gasteiger partial charge in [-0.15, -0.1) is 0 Å². The largest absolute Gasteiger partial charge is 0.422 e. The molecule has 0 saturated carbocycles. The summed E-state index contributed by atoms with van der Waals surface area (Å²) in [6, 6.07) is 9.87. The summed E-state index contributed by atoms with van der Waals surface area (Å²) in [5, 5.41) is 11.1. The quantitative estimate of drug-likeness (QED) is 0.362. The van der Waals surface area contributed by atoms with Crippen LogP contribution in [0.2, 0.25) is 0 Å². The second-order valence-corrected chi connectivity index (χ2v) is 6.17. The number of esters is 1. The number of morpholine rings is 1.